The quantitative estimate of drug-likeness (QED) is 0.501. The summed E-state index contributed by atoms with van der Waals surface area (Å²) in [7, 11) is 1.74. The summed E-state index contributed by atoms with van der Waals surface area (Å²) >= 11 is 1.66. The van der Waals surface area contributed by atoms with Crippen molar-refractivity contribution in [2.75, 3.05) is 26.7 Å². The highest BCUT2D eigenvalue weighted by atomic mass is 32.2. The average molecular weight is 464 g/mol. The Morgan fingerprint density at radius 1 is 1.28 bits per heavy atom. The van der Waals surface area contributed by atoms with Gasteiger partial charge in [-0.3, -0.25) is 14.4 Å². The highest BCUT2D eigenvalue weighted by molar-refractivity contribution is 8.02. The van der Waals surface area contributed by atoms with Crippen LogP contribution in [-0.4, -0.2) is 92.4 Å². The molecular formula is C24H37N3O4S. The van der Waals surface area contributed by atoms with Gasteiger partial charge in [-0.2, -0.15) is 0 Å². The molecule has 178 valence electrons. The minimum Gasteiger partial charge on any atom is -0.394 e. The van der Waals surface area contributed by atoms with Gasteiger partial charge in [0.1, 0.15) is 6.04 Å². The van der Waals surface area contributed by atoms with Gasteiger partial charge in [-0.25, -0.2) is 0 Å². The van der Waals surface area contributed by atoms with Crippen molar-refractivity contribution in [3.05, 3.63) is 25.3 Å². The fourth-order valence-electron chi connectivity index (χ4n) is 5.85. The van der Waals surface area contributed by atoms with Gasteiger partial charge < -0.3 is 19.8 Å². The Morgan fingerprint density at radius 3 is 2.47 bits per heavy atom. The first-order valence-corrected chi connectivity index (χ1v) is 12.5. The van der Waals surface area contributed by atoms with E-state index in [4.69, 9.17) is 0 Å². The number of thioether (sulfide) groups is 1. The number of fused-ring (bicyclic) bond motifs is 1. The number of nitrogens with zero attached hydrogens (tertiary/aromatic N) is 3. The molecule has 2 unspecified atom stereocenters. The molecule has 2 bridgehead atoms. The van der Waals surface area contributed by atoms with Crippen LogP contribution >= 0.6 is 11.8 Å². The summed E-state index contributed by atoms with van der Waals surface area (Å²) in [6.07, 6.45) is 5.46. The van der Waals surface area contributed by atoms with Gasteiger partial charge in [0, 0.05) is 31.4 Å². The molecule has 0 aliphatic carbocycles. The lowest BCUT2D eigenvalue weighted by Crippen LogP contribution is -2.58. The van der Waals surface area contributed by atoms with E-state index in [2.05, 4.69) is 13.2 Å². The first kappa shape index (κ1) is 24.8. The summed E-state index contributed by atoms with van der Waals surface area (Å²) in [5.41, 5.74) is 0. The maximum absolute atomic E-state index is 14.0. The molecule has 3 rings (SSSR count). The zero-order valence-corrected chi connectivity index (χ0v) is 20.5. The number of likely N-dealkylation sites (tertiary alicyclic amines) is 1. The monoisotopic (exact) mass is 463 g/mol. The van der Waals surface area contributed by atoms with Crippen molar-refractivity contribution >= 4 is 29.5 Å². The van der Waals surface area contributed by atoms with Crippen molar-refractivity contribution in [1.82, 2.24) is 14.7 Å². The number of carbonyl (C=O) groups is 3. The Balaban J connectivity index is 2.09. The van der Waals surface area contributed by atoms with E-state index in [0.29, 0.717) is 19.5 Å². The third kappa shape index (κ3) is 3.69. The van der Waals surface area contributed by atoms with E-state index in [1.54, 1.807) is 45.7 Å². The lowest BCUT2D eigenvalue weighted by Gasteiger charge is -2.40. The van der Waals surface area contributed by atoms with E-state index in [1.807, 2.05) is 20.8 Å². The van der Waals surface area contributed by atoms with Crippen molar-refractivity contribution in [1.29, 1.82) is 0 Å². The fourth-order valence-corrected chi connectivity index (χ4v) is 8.04. The molecule has 0 saturated carbocycles. The predicted octanol–water partition coefficient (Wildman–Crippen LogP) is 1.92. The Morgan fingerprint density at radius 2 is 1.94 bits per heavy atom. The Hall–Kier alpha value is -1.80. The molecule has 1 spiro atoms. The van der Waals surface area contributed by atoms with Crippen molar-refractivity contribution in [3.8, 4) is 0 Å². The number of aliphatic hydroxyl groups is 1. The van der Waals surface area contributed by atoms with E-state index in [9.17, 15) is 19.5 Å². The van der Waals surface area contributed by atoms with Crippen molar-refractivity contribution in [2.45, 2.75) is 68.2 Å². The largest absolute Gasteiger partial charge is 0.394 e. The third-order valence-corrected chi connectivity index (χ3v) is 9.30. The van der Waals surface area contributed by atoms with Crippen LogP contribution in [0.5, 0.6) is 0 Å². The van der Waals surface area contributed by atoms with Crippen LogP contribution in [0.1, 0.15) is 40.0 Å². The molecule has 0 aromatic heterocycles. The van der Waals surface area contributed by atoms with Gasteiger partial charge in [-0.05, 0) is 33.1 Å². The number of hydrogen-bond acceptors (Lipinski definition) is 5. The Bertz CT molecular complexity index is 783. The highest BCUT2D eigenvalue weighted by Crippen LogP contribution is 2.67. The molecule has 0 aromatic rings. The maximum atomic E-state index is 14.0. The number of amides is 3. The van der Waals surface area contributed by atoms with E-state index in [0.717, 1.165) is 12.8 Å². The molecule has 1 N–H and O–H groups in total. The number of carbonyl (C=O) groups excluding carboxylic acids is 3. The number of rotatable bonds is 10. The summed E-state index contributed by atoms with van der Waals surface area (Å²) in [4.78, 5) is 46.3. The fraction of sp³-hybridized carbons (Fsp3) is 0.708. The minimum absolute atomic E-state index is 0.0299. The number of hydrogen-bond donors (Lipinski definition) is 1. The predicted molar refractivity (Wildman–Crippen MR) is 127 cm³/mol. The van der Waals surface area contributed by atoms with Crippen molar-refractivity contribution < 1.29 is 19.5 Å². The molecule has 32 heavy (non-hydrogen) atoms. The van der Waals surface area contributed by atoms with Crippen LogP contribution in [0.15, 0.2) is 25.3 Å². The molecule has 7 nitrogen and oxygen atoms in total. The summed E-state index contributed by atoms with van der Waals surface area (Å²) < 4.78 is -0.634. The first-order chi connectivity index (χ1) is 15.2. The van der Waals surface area contributed by atoms with E-state index in [1.165, 1.54) is 0 Å². The Kier molecular flexibility index (Phi) is 7.44. The van der Waals surface area contributed by atoms with Crippen molar-refractivity contribution in [2.24, 2.45) is 11.8 Å². The molecule has 3 heterocycles. The average Bonchev–Trinajstić information content (AvgIpc) is 3.40. The molecule has 3 amide bonds. The van der Waals surface area contributed by atoms with E-state index < -0.39 is 28.7 Å². The normalized spacial score (nSPS) is 31.6. The second-order valence-electron chi connectivity index (χ2n) is 9.43. The maximum Gasteiger partial charge on any atom is 0.247 e. The van der Waals surface area contributed by atoms with Crippen LogP contribution in [0.4, 0.5) is 0 Å². The van der Waals surface area contributed by atoms with E-state index >= 15 is 0 Å². The molecule has 8 heteroatoms. The van der Waals surface area contributed by atoms with Crippen LogP contribution in [0.2, 0.25) is 0 Å². The summed E-state index contributed by atoms with van der Waals surface area (Å²) in [6.45, 7) is 14.0. The van der Waals surface area contributed by atoms with Gasteiger partial charge in [0.05, 0.1) is 29.2 Å². The van der Waals surface area contributed by atoms with Crippen LogP contribution in [0.25, 0.3) is 0 Å². The van der Waals surface area contributed by atoms with Crippen molar-refractivity contribution in [3.63, 3.8) is 0 Å². The number of aliphatic hydroxyl groups excluding tert-OH is 1. The van der Waals surface area contributed by atoms with Gasteiger partial charge in [-0.15, -0.1) is 24.9 Å². The topological polar surface area (TPSA) is 81.2 Å². The summed E-state index contributed by atoms with van der Waals surface area (Å²) in [5, 5.41) is 10.1. The zero-order chi connectivity index (χ0) is 23.8. The smallest absolute Gasteiger partial charge is 0.247 e. The second-order valence-corrected chi connectivity index (χ2v) is 11.0. The van der Waals surface area contributed by atoms with Crippen LogP contribution in [-0.2, 0) is 14.4 Å². The van der Waals surface area contributed by atoms with Gasteiger partial charge in [0.15, 0.2) is 0 Å². The lowest BCUT2D eigenvalue weighted by atomic mass is 9.70. The van der Waals surface area contributed by atoms with E-state index in [-0.39, 0.29) is 35.6 Å². The van der Waals surface area contributed by atoms with Crippen LogP contribution < -0.4 is 0 Å². The van der Waals surface area contributed by atoms with Crippen LogP contribution in [0.3, 0.4) is 0 Å². The summed E-state index contributed by atoms with van der Waals surface area (Å²) in [5.74, 6) is -1.32. The molecule has 3 fully saturated rings. The van der Waals surface area contributed by atoms with Gasteiger partial charge >= 0.3 is 0 Å². The standard InChI is InChI=1S/C24H37N3O4S/c1-7-12-25(6)21(29)18-17-10-11-24(32-17)19(18)22(30)27(16(9-3)14-28)20(24)23(31)26(13-8-2)15(4)5/h7-8,15-20,28H,1-2,9-14H2,3-6H3/t16-,17-,18+,19-,20?,24?/m0/s1. The SMILES string of the molecule is C=CCN(C)C(=O)[C@@H]1[C@@H]2CCC3(S2)C(C(=O)N(CC=C)C(C)C)N([C@@H](CC)CO)C(=O)[C@H]13. The van der Waals surface area contributed by atoms with Gasteiger partial charge in [-0.1, -0.05) is 19.1 Å². The minimum atomic E-state index is -0.683. The molecule has 3 aliphatic heterocycles. The third-order valence-electron chi connectivity index (χ3n) is 7.34. The first-order valence-electron chi connectivity index (χ1n) is 11.6. The molecule has 3 aliphatic rings. The van der Waals surface area contributed by atoms with Crippen LogP contribution in [0, 0.1) is 11.8 Å². The highest BCUT2D eigenvalue weighted by Gasteiger charge is 2.74. The molecule has 0 radical (unpaired) electrons. The lowest BCUT2D eigenvalue weighted by molar-refractivity contribution is -0.147. The second kappa shape index (κ2) is 9.59. The van der Waals surface area contributed by atoms with Gasteiger partial charge in [0.2, 0.25) is 17.7 Å². The summed E-state index contributed by atoms with van der Waals surface area (Å²) in [6, 6.07) is -1.19. The molecule has 3 saturated heterocycles. The van der Waals surface area contributed by atoms with Gasteiger partial charge in [0.25, 0.3) is 0 Å². The molecular weight excluding hydrogens is 426 g/mol. The Labute approximate surface area is 195 Å². The zero-order valence-electron chi connectivity index (χ0n) is 19.7. The molecule has 6 atom stereocenters. The number of likely N-dealkylation sites (N-methyl/N-ethyl adjacent to an activating group) is 1. The molecule has 0 aromatic carbocycles.